The molecule has 4 nitrogen and oxygen atoms in total. The van der Waals surface area contributed by atoms with Crippen LogP contribution in [-0.2, 0) is 10.7 Å². The van der Waals surface area contributed by atoms with Crippen molar-refractivity contribution >= 4 is 29.1 Å². The minimum absolute atomic E-state index is 0.315. The zero-order chi connectivity index (χ0) is 17.2. The fraction of sp³-hybridized carbons (Fsp3) is 0.263. The maximum Gasteiger partial charge on any atom is 0.330 e. The Morgan fingerprint density at radius 1 is 0.958 bits per heavy atom. The molecule has 0 unspecified atom stereocenters. The molecule has 24 heavy (non-hydrogen) atoms. The molecular formula is C19H21O4P. The van der Waals surface area contributed by atoms with Crippen molar-refractivity contribution in [1.82, 2.24) is 0 Å². The Bertz CT molecular complexity index is 914. The lowest BCUT2D eigenvalue weighted by Gasteiger charge is -2.16. The molecule has 0 aliphatic heterocycles. The van der Waals surface area contributed by atoms with Gasteiger partial charge in [0.25, 0.3) is 0 Å². The number of benzene rings is 3. The van der Waals surface area contributed by atoms with Gasteiger partial charge in [0.15, 0.2) is 0 Å². The summed E-state index contributed by atoms with van der Waals surface area (Å²) in [6, 6.07) is 15.7. The van der Waals surface area contributed by atoms with E-state index in [-0.39, 0.29) is 6.16 Å². The highest BCUT2D eigenvalue weighted by molar-refractivity contribution is 7.50. The fourth-order valence-corrected chi connectivity index (χ4v) is 3.70. The Hall–Kier alpha value is -1.87. The Morgan fingerprint density at radius 2 is 1.71 bits per heavy atom. The van der Waals surface area contributed by atoms with E-state index in [9.17, 15) is 14.4 Å². The summed E-state index contributed by atoms with van der Waals surface area (Å²) in [7, 11) is -4.20. The third kappa shape index (κ3) is 3.62. The smallest absolute Gasteiger partial charge is 0.330 e. The average molecular weight is 344 g/mol. The van der Waals surface area contributed by atoms with Gasteiger partial charge in [-0.2, -0.15) is 0 Å². The Balaban J connectivity index is 2.19. The summed E-state index contributed by atoms with van der Waals surface area (Å²) in [5.41, 5.74) is 0.586. The summed E-state index contributed by atoms with van der Waals surface area (Å²) in [5.74, 6) is 0.564. The summed E-state index contributed by atoms with van der Waals surface area (Å²) in [6.07, 6.45) is 1.60. The van der Waals surface area contributed by atoms with Gasteiger partial charge in [0.1, 0.15) is 5.75 Å². The molecule has 0 amide bonds. The second-order valence-corrected chi connectivity index (χ2v) is 7.59. The second-order valence-electron chi connectivity index (χ2n) is 5.95. The lowest BCUT2D eigenvalue weighted by atomic mass is 9.98. The van der Waals surface area contributed by atoms with Crippen LogP contribution in [0.3, 0.4) is 0 Å². The van der Waals surface area contributed by atoms with Crippen LogP contribution in [0.1, 0.15) is 25.3 Å². The van der Waals surface area contributed by atoms with Crippen molar-refractivity contribution < 1.29 is 19.1 Å². The van der Waals surface area contributed by atoms with Crippen LogP contribution in [-0.4, -0.2) is 16.4 Å². The Labute approximate surface area is 141 Å². The first-order chi connectivity index (χ1) is 11.5. The maximum absolute atomic E-state index is 11.6. The molecule has 3 aromatic carbocycles. The molecule has 126 valence electrons. The van der Waals surface area contributed by atoms with Gasteiger partial charge >= 0.3 is 7.60 Å². The van der Waals surface area contributed by atoms with E-state index in [4.69, 9.17) is 4.74 Å². The van der Waals surface area contributed by atoms with E-state index < -0.39 is 7.60 Å². The van der Waals surface area contributed by atoms with E-state index in [1.54, 1.807) is 0 Å². The molecular weight excluding hydrogens is 323 g/mol. The van der Waals surface area contributed by atoms with Gasteiger partial charge in [-0.15, -0.1) is 0 Å². The van der Waals surface area contributed by atoms with Crippen molar-refractivity contribution in [2.75, 3.05) is 6.61 Å². The van der Waals surface area contributed by atoms with Gasteiger partial charge in [0, 0.05) is 5.56 Å². The molecule has 0 heterocycles. The van der Waals surface area contributed by atoms with Gasteiger partial charge in [0.05, 0.1) is 12.8 Å². The van der Waals surface area contributed by atoms with Crippen LogP contribution >= 0.6 is 7.60 Å². The Morgan fingerprint density at radius 3 is 2.46 bits per heavy atom. The lowest BCUT2D eigenvalue weighted by Crippen LogP contribution is -2.01. The molecule has 3 aromatic rings. The van der Waals surface area contributed by atoms with Crippen LogP contribution in [0.25, 0.3) is 21.5 Å². The van der Waals surface area contributed by atoms with Gasteiger partial charge in [0.2, 0.25) is 0 Å². The first kappa shape index (κ1) is 17.0. The van der Waals surface area contributed by atoms with Gasteiger partial charge in [-0.3, -0.25) is 4.57 Å². The summed E-state index contributed by atoms with van der Waals surface area (Å²) in [6.45, 7) is 2.62. The number of unbranched alkanes of at least 4 members (excludes halogenated alkanes) is 1. The fourth-order valence-electron chi connectivity index (χ4n) is 2.96. The Kier molecular flexibility index (Phi) is 4.91. The van der Waals surface area contributed by atoms with Gasteiger partial charge < -0.3 is 14.5 Å². The van der Waals surface area contributed by atoms with Gasteiger partial charge in [-0.25, -0.2) is 0 Å². The van der Waals surface area contributed by atoms with E-state index in [1.807, 2.05) is 48.5 Å². The van der Waals surface area contributed by atoms with Crippen LogP contribution in [0.4, 0.5) is 0 Å². The van der Waals surface area contributed by atoms with E-state index in [0.29, 0.717) is 17.9 Å². The van der Waals surface area contributed by atoms with Gasteiger partial charge in [-0.1, -0.05) is 55.8 Å². The van der Waals surface area contributed by atoms with Crippen molar-refractivity contribution in [3.8, 4) is 5.75 Å². The largest absolute Gasteiger partial charge is 0.493 e. The summed E-state index contributed by atoms with van der Waals surface area (Å²) in [5, 5.41) is 4.00. The molecule has 0 radical (unpaired) electrons. The summed E-state index contributed by atoms with van der Waals surface area (Å²) in [4.78, 5) is 19.0. The molecule has 0 saturated carbocycles. The third-order valence-corrected chi connectivity index (χ3v) is 4.84. The van der Waals surface area contributed by atoms with Crippen LogP contribution in [0.5, 0.6) is 5.75 Å². The molecule has 2 N–H and O–H groups in total. The molecule has 0 saturated heterocycles. The standard InChI is InChI=1S/C19H21O4P/c1-2-3-12-23-19-11-10-16-15-7-5-4-6-14(15)8-9-17(16)18(19)13-24(20,21)22/h4-11H,2-3,12-13H2,1H3,(H2,20,21,22). The van der Waals surface area contributed by atoms with Crippen molar-refractivity contribution in [3.05, 3.63) is 54.1 Å². The molecule has 0 aliphatic rings. The van der Waals surface area contributed by atoms with Crippen LogP contribution in [0.15, 0.2) is 48.5 Å². The van der Waals surface area contributed by atoms with E-state index in [0.717, 1.165) is 34.4 Å². The van der Waals surface area contributed by atoms with Crippen LogP contribution in [0, 0.1) is 0 Å². The minimum atomic E-state index is -4.20. The number of ether oxygens (including phenoxy) is 1. The minimum Gasteiger partial charge on any atom is -0.493 e. The maximum atomic E-state index is 11.6. The molecule has 0 bridgehead atoms. The quantitative estimate of drug-likeness (QED) is 0.381. The predicted molar refractivity (Wildman–Crippen MR) is 97.6 cm³/mol. The highest BCUT2D eigenvalue weighted by atomic mass is 31.2. The summed E-state index contributed by atoms with van der Waals surface area (Å²) < 4.78 is 17.4. The van der Waals surface area contributed by atoms with Gasteiger partial charge in [-0.05, 0) is 34.0 Å². The van der Waals surface area contributed by atoms with E-state index in [2.05, 4.69) is 6.92 Å². The first-order valence-electron chi connectivity index (χ1n) is 8.10. The molecule has 3 rings (SSSR count). The third-order valence-electron chi connectivity index (χ3n) is 4.11. The number of hydrogen-bond acceptors (Lipinski definition) is 2. The predicted octanol–water partition coefficient (Wildman–Crippen LogP) is 4.85. The molecule has 0 spiro atoms. The highest BCUT2D eigenvalue weighted by Gasteiger charge is 2.20. The molecule has 0 fully saturated rings. The lowest BCUT2D eigenvalue weighted by molar-refractivity contribution is 0.306. The zero-order valence-corrected chi connectivity index (χ0v) is 14.5. The topological polar surface area (TPSA) is 66.8 Å². The van der Waals surface area contributed by atoms with E-state index >= 15 is 0 Å². The van der Waals surface area contributed by atoms with Crippen molar-refractivity contribution in [3.63, 3.8) is 0 Å². The number of rotatable bonds is 6. The van der Waals surface area contributed by atoms with Crippen molar-refractivity contribution in [2.45, 2.75) is 25.9 Å². The van der Waals surface area contributed by atoms with E-state index in [1.165, 1.54) is 0 Å². The molecule has 0 aliphatic carbocycles. The first-order valence-corrected chi connectivity index (χ1v) is 9.90. The molecule has 5 heteroatoms. The normalized spacial score (nSPS) is 12.0. The number of hydrogen-bond donors (Lipinski definition) is 2. The van der Waals surface area contributed by atoms with Crippen molar-refractivity contribution in [2.24, 2.45) is 0 Å². The van der Waals surface area contributed by atoms with Crippen LogP contribution in [0.2, 0.25) is 0 Å². The highest BCUT2D eigenvalue weighted by Crippen LogP contribution is 2.45. The summed E-state index contributed by atoms with van der Waals surface area (Å²) >= 11 is 0. The molecule has 0 atom stereocenters. The SMILES string of the molecule is CCCCOc1ccc2c(ccc3ccccc32)c1CP(=O)(O)O. The monoisotopic (exact) mass is 344 g/mol. The van der Waals surface area contributed by atoms with Crippen molar-refractivity contribution in [1.29, 1.82) is 0 Å². The molecule has 0 aromatic heterocycles. The zero-order valence-electron chi connectivity index (χ0n) is 13.6. The number of fused-ring (bicyclic) bond motifs is 3. The van der Waals surface area contributed by atoms with Crippen LogP contribution < -0.4 is 4.74 Å². The second kappa shape index (κ2) is 6.94. The average Bonchev–Trinajstić information content (AvgIpc) is 2.55.